The molecular weight excluding hydrogens is 352 g/mol. The quantitative estimate of drug-likeness (QED) is 0.759. The standard InChI is InChI=1S/C16H16BrClN2O/c1-2-15(11-4-3-5-13(18)8-11)19-7-6-14-9-12(17)10-20(14)16(19)21/h3-5,8-10,15H,2,6-7H2,1H3/t15-/m1/s1. The molecule has 0 bridgehead atoms. The van der Waals surface area contributed by atoms with E-state index in [-0.39, 0.29) is 12.1 Å². The number of benzene rings is 1. The molecule has 1 aliphatic heterocycles. The van der Waals surface area contributed by atoms with Gasteiger partial charge in [-0.3, -0.25) is 4.57 Å². The van der Waals surface area contributed by atoms with Gasteiger partial charge in [-0.05, 0) is 46.1 Å². The van der Waals surface area contributed by atoms with Crippen molar-refractivity contribution in [3.8, 4) is 0 Å². The maximum absolute atomic E-state index is 12.7. The van der Waals surface area contributed by atoms with Crippen LogP contribution in [0.5, 0.6) is 0 Å². The van der Waals surface area contributed by atoms with Gasteiger partial charge >= 0.3 is 6.03 Å². The Kier molecular flexibility index (Phi) is 4.09. The van der Waals surface area contributed by atoms with Gasteiger partial charge in [0.2, 0.25) is 0 Å². The minimum absolute atomic E-state index is 0.0359. The third-order valence-corrected chi connectivity index (χ3v) is 4.59. The Hall–Kier alpha value is -1.26. The van der Waals surface area contributed by atoms with Crippen LogP contribution in [0.2, 0.25) is 5.02 Å². The first-order valence-electron chi connectivity index (χ1n) is 7.03. The average molecular weight is 368 g/mol. The van der Waals surface area contributed by atoms with Gasteiger partial charge in [-0.15, -0.1) is 0 Å². The van der Waals surface area contributed by atoms with Gasteiger partial charge in [0.15, 0.2) is 0 Å². The van der Waals surface area contributed by atoms with Crippen molar-refractivity contribution in [1.82, 2.24) is 9.47 Å². The lowest BCUT2D eigenvalue weighted by Crippen LogP contribution is -2.43. The molecule has 110 valence electrons. The van der Waals surface area contributed by atoms with Crippen LogP contribution in [0.1, 0.15) is 30.6 Å². The summed E-state index contributed by atoms with van der Waals surface area (Å²) in [6, 6.07) is 9.89. The monoisotopic (exact) mass is 366 g/mol. The van der Waals surface area contributed by atoms with Crippen molar-refractivity contribution >= 4 is 33.6 Å². The number of hydrogen-bond donors (Lipinski definition) is 0. The maximum Gasteiger partial charge on any atom is 0.328 e. The first-order chi connectivity index (χ1) is 10.1. The molecule has 1 aromatic carbocycles. The Balaban J connectivity index is 1.94. The second kappa shape index (κ2) is 5.85. The van der Waals surface area contributed by atoms with E-state index >= 15 is 0 Å². The molecule has 1 aromatic heterocycles. The molecule has 0 N–H and O–H groups in total. The summed E-state index contributed by atoms with van der Waals surface area (Å²) in [4.78, 5) is 14.7. The van der Waals surface area contributed by atoms with E-state index in [4.69, 9.17) is 11.6 Å². The number of rotatable bonds is 3. The normalized spacial score (nSPS) is 16.0. The van der Waals surface area contributed by atoms with Crippen LogP contribution in [0.4, 0.5) is 4.79 Å². The third kappa shape index (κ3) is 2.74. The zero-order chi connectivity index (χ0) is 15.0. The minimum Gasteiger partial charge on any atom is -0.317 e. The highest BCUT2D eigenvalue weighted by Gasteiger charge is 2.30. The maximum atomic E-state index is 12.7. The number of hydrogen-bond acceptors (Lipinski definition) is 1. The van der Waals surface area contributed by atoms with Crippen LogP contribution < -0.4 is 0 Å². The molecule has 1 atom stereocenters. The average Bonchev–Trinajstić information content (AvgIpc) is 2.84. The second-order valence-corrected chi connectivity index (χ2v) is 6.58. The summed E-state index contributed by atoms with van der Waals surface area (Å²) in [6.07, 6.45) is 3.58. The number of fused-ring (bicyclic) bond motifs is 1. The lowest BCUT2D eigenvalue weighted by molar-refractivity contribution is 0.166. The summed E-state index contributed by atoms with van der Waals surface area (Å²) in [5, 5.41) is 0.708. The summed E-state index contributed by atoms with van der Waals surface area (Å²) in [5.74, 6) is 0. The Morgan fingerprint density at radius 2 is 2.19 bits per heavy atom. The molecule has 2 heterocycles. The van der Waals surface area contributed by atoms with Crippen molar-refractivity contribution in [3.63, 3.8) is 0 Å². The molecule has 0 fully saturated rings. The second-order valence-electron chi connectivity index (χ2n) is 5.22. The van der Waals surface area contributed by atoms with Crippen LogP contribution in [0, 0.1) is 0 Å². The summed E-state index contributed by atoms with van der Waals surface area (Å²) in [5.41, 5.74) is 2.15. The molecule has 5 heteroatoms. The Morgan fingerprint density at radius 3 is 2.90 bits per heavy atom. The van der Waals surface area contributed by atoms with E-state index in [9.17, 15) is 4.79 Å². The van der Waals surface area contributed by atoms with Crippen LogP contribution in [0.15, 0.2) is 41.0 Å². The van der Waals surface area contributed by atoms with Crippen LogP contribution in [-0.4, -0.2) is 22.0 Å². The Labute approximate surface area is 137 Å². The van der Waals surface area contributed by atoms with Gasteiger partial charge < -0.3 is 4.90 Å². The first-order valence-corrected chi connectivity index (χ1v) is 8.20. The fourth-order valence-electron chi connectivity index (χ4n) is 2.95. The molecule has 2 aromatic rings. The van der Waals surface area contributed by atoms with E-state index in [1.165, 1.54) is 0 Å². The number of amides is 1. The topological polar surface area (TPSA) is 25.2 Å². The highest BCUT2D eigenvalue weighted by Crippen LogP contribution is 2.30. The van der Waals surface area contributed by atoms with E-state index in [2.05, 4.69) is 22.9 Å². The molecule has 0 saturated carbocycles. The van der Waals surface area contributed by atoms with Crippen molar-refractivity contribution in [1.29, 1.82) is 0 Å². The lowest BCUT2D eigenvalue weighted by atomic mass is 10.0. The number of aromatic nitrogens is 1. The number of nitrogens with zero attached hydrogens (tertiary/aromatic N) is 2. The largest absolute Gasteiger partial charge is 0.328 e. The predicted octanol–water partition coefficient (Wildman–Crippen LogP) is 4.88. The molecule has 0 saturated heterocycles. The molecule has 1 amide bonds. The summed E-state index contributed by atoms with van der Waals surface area (Å²) in [7, 11) is 0. The van der Waals surface area contributed by atoms with E-state index in [1.807, 2.05) is 41.4 Å². The highest BCUT2D eigenvalue weighted by molar-refractivity contribution is 9.10. The molecule has 0 radical (unpaired) electrons. The third-order valence-electron chi connectivity index (χ3n) is 3.92. The zero-order valence-corrected chi connectivity index (χ0v) is 14.1. The summed E-state index contributed by atoms with van der Waals surface area (Å²) < 4.78 is 2.68. The molecule has 21 heavy (non-hydrogen) atoms. The smallest absolute Gasteiger partial charge is 0.317 e. The molecule has 0 spiro atoms. The van der Waals surface area contributed by atoms with Gasteiger partial charge in [0.1, 0.15) is 0 Å². The van der Waals surface area contributed by atoms with Crippen molar-refractivity contribution < 1.29 is 4.79 Å². The first kappa shape index (κ1) is 14.7. The SMILES string of the molecule is CC[C@H](c1cccc(Cl)c1)N1CCc2cc(Br)cn2C1=O. The van der Waals surface area contributed by atoms with Crippen molar-refractivity contribution in [3.05, 3.63) is 57.3 Å². The van der Waals surface area contributed by atoms with E-state index < -0.39 is 0 Å². The molecule has 1 aliphatic rings. The molecular formula is C16H16BrClN2O. The summed E-state index contributed by atoms with van der Waals surface area (Å²) in [6.45, 7) is 2.83. The van der Waals surface area contributed by atoms with Crippen LogP contribution in [0.3, 0.4) is 0 Å². The van der Waals surface area contributed by atoms with E-state index in [0.717, 1.165) is 35.1 Å². The fourth-order valence-corrected chi connectivity index (χ4v) is 3.62. The van der Waals surface area contributed by atoms with Crippen LogP contribution >= 0.6 is 27.5 Å². The Morgan fingerprint density at radius 1 is 1.38 bits per heavy atom. The van der Waals surface area contributed by atoms with Gasteiger partial charge in [-0.2, -0.15) is 0 Å². The summed E-state index contributed by atoms with van der Waals surface area (Å²) >= 11 is 9.53. The van der Waals surface area contributed by atoms with Gasteiger partial charge in [-0.25, -0.2) is 4.79 Å². The van der Waals surface area contributed by atoms with Gasteiger partial charge in [0.05, 0.1) is 6.04 Å². The fraction of sp³-hybridized carbons (Fsp3) is 0.312. The van der Waals surface area contributed by atoms with Gasteiger partial charge in [0.25, 0.3) is 0 Å². The minimum atomic E-state index is 0.0359. The van der Waals surface area contributed by atoms with Crippen molar-refractivity contribution in [2.24, 2.45) is 0 Å². The highest BCUT2D eigenvalue weighted by atomic mass is 79.9. The van der Waals surface area contributed by atoms with Gasteiger partial charge in [0, 0.05) is 34.4 Å². The molecule has 3 nitrogen and oxygen atoms in total. The van der Waals surface area contributed by atoms with Crippen molar-refractivity contribution in [2.75, 3.05) is 6.54 Å². The lowest BCUT2D eigenvalue weighted by Gasteiger charge is -2.35. The molecule has 3 rings (SSSR count). The van der Waals surface area contributed by atoms with E-state index in [1.54, 1.807) is 4.57 Å². The number of carbonyl (C=O) groups is 1. The number of carbonyl (C=O) groups excluding carboxylic acids is 1. The predicted molar refractivity (Wildman–Crippen MR) is 87.8 cm³/mol. The van der Waals surface area contributed by atoms with E-state index in [0.29, 0.717) is 5.02 Å². The Bertz CT molecular complexity index is 683. The van der Waals surface area contributed by atoms with Crippen LogP contribution in [-0.2, 0) is 6.42 Å². The molecule has 0 aliphatic carbocycles. The zero-order valence-electron chi connectivity index (χ0n) is 11.7. The van der Waals surface area contributed by atoms with Gasteiger partial charge in [-0.1, -0.05) is 30.7 Å². The number of halogens is 2. The molecule has 0 unspecified atom stereocenters. The van der Waals surface area contributed by atoms with Crippen molar-refractivity contribution in [2.45, 2.75) is 25.8 Å². The van der Waals surface area contributed by atoms with Crippen LogP contribution in [0.25, 0.3) is 0 Å².